The number of halogens is 1. The van der Waals surface area contributed by atoms with Gasteiger partial charge in [-0.2, -0.15) is 0 Å². The van der Waals surface area contributed by atoms with Crippen LogP contribution in [0.25, 0.3) is 6.08 Å². The number of benzene rings is 2. The second-order valence-electron chi connectivity index (χ2n) is 5.55. The monoisotopic (exact) mass is 342 g/mol. The molecule has 0 aliphatic heterocycles. The fourth-order valence-corrected chi connectivity index (χ4v) is 2.27. The van der Waals surface area contributed by atoms with Crippen LogP contribution in [0.3, 0.4) is 0 Å². The lowest BCUT2D eigenvalue weighted by Crippen LogP contribution is -1.92. The van der Waals surface area contributed by atoms with Crippen LogP contribution in [-0.4, -0.2) is 11.7 Å². The Kier molecular flexibility index (Phi) is 10.6. The summed E-state index contributed by atoms with van der Waals surface area (Å²) >= 11 is 5.38. The van der Waals surface area contributed by atoms with E-state index in [1.807, 2.05) is 48.5 Å². The summed E-state index contributed by atoms with van der Waals surface area (Å²) in [6.07, 6.45) is 8.24. The van der Waals surface area contributed by atoms with E-state index in [9.17, 15) is 4.79 Å². The van der Waals surface area contributed by atoms with Gasteiger partial charge in [-0.15, -0.1) is 11.6 Å². The summed E-state index contributed by atoms with van der Waals surface area (Å²) in [5.74, 6) is 0.864. The highest BCUT2D eigenvalue weighted by Crippen LogP contribution is 2.08. The van der Waals surface area contributed by atoms with E-state index in [2.05, 4.69) is 26.0 Å². The molecule has 0 saturated carbocycles. The molecule has 0 amide bonds. The summed E-state index contributed by atoms with van der Waals surface area (Å²) in [6.45, 7) is 4.30. The molecule has 0 fully saturated rings. The quantitative estimate of drug-likeness (QED) is 0.241. The summed E-state index contributed by atoms with van der Waals surface area (Å²) in [4.78, 5) is 11.9. The third-order valence-corrected chi connectivity index (χ3v) is 3.88. The first kappa shape index (κ1) is 20.2. The Morgan fingerprint density at radius 3 is 2.12 bits per heavy atom. The van der Waals surface area contributed by atoms with Crippen molar-refractivity contribution in [3.05, 3.63) is 77.4 Å². The number of ketones is 1. The smallest absolute Gasteiger partial charge is 0.185 e. The number of aryl methyl sites for hydroxylation is 1. The Hall–Kier alpha value is -1.86. The number of allylic oxidation sites excluding steroid dienone is 1. The van der Waals surface area contributed by atoms with Crippen molar-refractivity contribution >= 4 is 23.5 Å². The van der Waals surface area contributed by atoms with Crippen molar-refractivity contribution in [2.45, 2.75) is 39.5 Å². The molecule has 0 spiro atoms. The standard InChI is InChI=1S/C17H16O.C5H11Cl/c1-2-14-8-10-15(11-9-14)12-13-17(18)16-6-4-3-5-7-16;1-2-3-4-5-6/h3-13H,2H2,1H3;2-5H2,1H3. The number of carbonyl (C=O) groups excluding carboxylic acids is 1. The zero-order chi connectivity index (χ0) is 17.6. The van der Waals surface area contributed by atoms with E-state index in [4.69, 9.17) is 11.6 Å². The van der Waals surface area contributed by atoms with Crippen LogP contribution in [0.15, 0.2) is 60.7 Å². The summed E-state index contributed by atoms with van der Waals surface area (Å²) in [7, 11) is 0. The van der Waals surface area contributed by atoms with E-state index in [0.29, 0.717) is 0 Å². The molecule has 2 aromatic carbocycles. The minimum absolute atomic E-state index is 0.0372. The lowest BCUT2D eigenvalue weighted by molar-refractivity contribution is 0.104. The predicted molar refractivity (Wildman–Crippen MR) is 106 cm³/mol. The Morgan fingerprint density at radius 2 is 1.62 bits per heavy atom. The molecule has 2 rings (SSSR count). The molecule has 1 nitrogen and oxygen atoms in total. The van der Waals surface area contributed by atoms with E-state index in [1.165, 1.54) is 24.8 Å². The average Bonchev–Trinajstić information content (AvgIpc) is 2.66. The summed E-state index contributed by atoms with van der Waals surface area (Å²) in [6, 6.07) is 17.6. The Balaban J connectivity index is 0.000000413. The van der Waals surface area contributed by atoms with Gasteiger partial charge in [-0.1, -0.05) is 87.4 Å². The van der Waals surface area contributed by atoms with Crippen molar-refractivity contribution in [1.29, 1.82) is 0 Å². The number of rotatable bonds is 7. The maximum absolute atomic E-state index is 11.9. The highest BCUT2D eigenvalue weighted by Gasteiger charge is 1.99. The maximum Gasteiger partial charge on any atom is 0.185 e. The van der Waals surface area contributed by atoms with Gasteiger partial charge in [-0.25, -0.2) is 0 Å². The van der Waals surface area contributed by atoms with Gasteiger partial charge in [0.25, 0.3) is 0 Å². The maximum atomic E-state index is 11.9. The van der Waals surface area contributed by atoms with Crippen molar-refractivity contribution in [1.82, 2.24) is 0 Å². The molecule has 2 heteroatoms. The van der Waals surface area contributed by atoms with Crippen LogP contribution in [0.2, 0.25) is 0 Å². The van der Waals surface area contributed by atoms with E-state index in [1.54, 1.807) is 6.08 Å². The molecule has 0 bridgehead atoms. The molecule has 0 aliphatic rings. The van der Waals surface area contributed by atoms with E-state index >= 15 is 0 Å². The van der Waals surface area contributed by atoms with Crippen LogP contribution < -0.4 is 0 Å². The van der Waals surface area contributed by atoms with Crippen LogP contribution in [-0.2, 0) is 6.42 Å². The molecule has 128 valence electrons. The fraction of sp³-hybridized carbons (Fsp3) is 0.318. The lowest BCUT2D eigenvalue weighted by atomic mass is 10.1. The van der Waals surface area contributed by atoms with Crippen LogP contribution in [0.4, 0.5) is 0 Å². The third-order valence-electron chi connectivity index (χ3n) is 3.61. The average molecular weight is 343 g/mol. The zero-order valence-corrected chi connectivity index (χ0v) is 15.4. The topological polar surface area (TPSA) is 17.1 Å². The number of unbranched alkanes of at least 4 members (excludes halogenated alkanes) is 2. The molecule has 24 heavy (non-hydrogen) atoms. The van der Waals surface area contributed by atoms with Gasteiger partial charge in [0.1, 0.15) is 0 Å². The molecule has 0 heterocycles. The van der Waals surface area contributed by atoms with Gasteiger partial charge >= 0.3 is 0 Å². The SMILES string of the molecule is CCCCCCl.CCc1ccc(C=CC(=O)c2ccccc2)cc1. The summed E-state index contributed by atoms with van der Waals surface area (Å²) in [5, 5.41) is 0. The molecule has 0 N–H and O–H groups in total. The molecule has 0 saturated heterocycles. The highest BCUT2D eigenvalue weighted by atomic mass is 35.5. The predicted octanol–water partition coefficient (Wildman–Crippen LogP) is 6.56. The fourth-order valence-electron chi connectivity index (χ4n) is 2.08. The normalized spacial score (nSPS) is 10.3. The first-order valence-corrected chi connectivity index (χ1v) is 9.17. The summed E-state index contributed by atoms with van der Waals surface area (Å²) < 4.78 is 0. The van der Waals surface area contributed by atoms with Gasteiger partial charge in [0.2, 0.25) is 0 Å². The first-order valence-electron chi connectivity index (χ1n) is 8.63. The van der Waals surface area contributed by atoms with Gasteiger partial charge in [0.05, 0.1) is 0 Å². The number of alkyl halides is 1. The zero-order valence-electron chi connectivity index (χ0n) is 14.7. The van der Waals surface area contributed by atoms with Crippen LogP contribution in [0.1, 0.15) is 54.6 Å². The Labute approximate surface area is 151 Å². The molecule has 0 aliphatic carbocycles. The molecular weight excluding hydrogens is 316 g/mol. The van der Waals surface area contributed by atoms with E-state index in [-0.39, 0.29) is 5.78 Å². The Morgan fingerprint density at radius 1 is 0.958 bits per heavy atom. The lowest BCUT2D eigenvalue weighted by Gasteiger charge is -1.97. The number of hydrogen-bond donors (Lipinski definition) is 0. The van der Waals surface area contributed by atoms with Crippen molar-refractivity contribution in [2.75, 3.05) is 5.88 Å². The number of hydrogen-bond acceptors (Lipinski definition) is 1. The number of carbonyl (C=O) groups is 1. The largest absolute Gasteiger partial charge is 0.289 e. The van der Waals surface area contributed by atoms with E-state index < -0.39 is 0 Å². The molecule has 2 aromatic rings. The van der Waals surface area contributed by atoms with Gasteiger partial charge in [0, 0.05) is 11.4 Å². The van der Waals surface area contributed by atoms with E-state index in [0.717, 1.165) is 23.4 Å². The molecular formula is C22H27ClO. The minimum Gasteiger partial charge on any atom is -0.289 e. The van der Waals surface area contributed by atoms with Crippen molar-refractivity contribution in [3.8, 4) is 0 Å². The van der Waals surface area contributed by atoms with Crippen LogP contribution >= 0.6 is 11.6 Å². The molecule has 0 aromatic heterocycles. The van der Waals surface area contributed by atoms with Gasteiger partial charge < -0.3 is 0 Å². The molecule has 0 unspecified atom stereocenters. The van der Waals surface area contributed by atoms with Gasteiger partial charge in [0.15, 0.2) is 5.78 Å². The van der Waals surface area contributed by atoms with Crippen LogP contribution in [0.5, 0.6) is 0 Å². The van der Waals surface area contributed by atoms with Crippen LogP contribution in [0, 0.1) is 0 Å². The first-order chi connectivity index (χ1) is 11.7. The molecule has 0 radical (unpaired) electrons. The van der Waals surface area contributed by atoms with Crippen molar-refractivity contribution < 1.29 is 4.79 Å². The molecule has 0 atom stereocenters. The minimum atomic E-state index is 0.0372. The second kappa shape index (κ2) is 12.5. The summed E-state index contributed by atoms with van der Waals surface area (Å²) in [5.41, 5.74) is 3.08. The second-order valence-corrected chi connectivity index (χ2v) is 5.93. The van der Waals surface area contributed by atoms with Gasteiger partial charge in [-0.3, -0.25) is 4.79 Å². The highest BCUT2D eigenvalue weighted by molar-refractivity contribution is 6.17. The Bertz CT molecular complexity index is 596. The van der Waals surface area contributed by atoms with Crippen molar-refractivity contribution in [3.63, 3.8) is 0 Å². The third kappa shape index (κ3) is 8.12. The van der Waals surface area contributed by atoms with Crippen molar-refractivity contribution in [2.24, 2.45) is 0 Å². The van der Waals surface area contributed by atoms with Gasteiger partial charge in [-0.05, 0) is 30.0 Å².